The van der Waals surface area contributed by atoms with E-state index < -0.39 is 25.2 Å². The Balaban J connectivity index is -0.000000180. The summed E-state index contributed by atoms with van der Waals surface area (Å²) in [6.45, 7) is 0. The van der Waals surface area contributed by atoms with Crippen LogP contribution in [-0.2, 0) is 0 Å². The van der Waals surface area contributed by atoms with Crippen molar-refractivity contribution >= 4 is 18.9 Å². The quantitative estimate of drug-likeness (QED) is 0.456. The molecule has 0 bridgehead atoms. The van der Waals surface area contributed by atoms with Gasteiger partial charge in [0.2, 0.25) is 0 Å². The van der Waals surface area contributed by atoms with Crippen molar-refractivity contribution in [2.75, 3.05) is 0 Å². The Morgan fingerprint density at radius 3 is 0.600 bits per heavy atom. The molecule has 0 nitrogen and oxygen atoms in total. The molecule has 0 N–H and O–H groups in total. The first-order valence-corrected chi connectivity index (χ1v) is 2.58. The molecule has 0 aliphatic heterocycles. The predicted octanol–water partition coefficient (Wildman–Crippen LogP) is 2.98. The molecular formula is C4H3F10Li. The fraction of sp³-hybridized carbons (Fsp3) is 1.00. The van der Waals surface area contributed by atoms with E-state index in [0.29, 0.717) is 0 Å². The van der Waals surface area contributed by atoms with Crippen molar-refractivity contribution in [3.05, 3.63) is 0 Å². The number of hydrogen-bond donors (Lipinski definition) is 0. The van der Waals surface area contributed by atoms with Crippen molar-refractivity contribution in [2.45, 2.75) is 25.2 Å². The third-order valence-electron chi connectivity index (χ3n) is 0.495. The minimum atomic E-state index is -5.33. The van der Waals surface area contributed by atoms with Crippen LogP contribution in [0.3, 0.4) is 0 Å². The van der Waals surface area contributed by atoms with Crippen molar-refractivity contribution in [3.8, 4) is 0 Å². The molecule has 0 atom stereocenters. The van der Waals surface area contributed by atoms with Crippen LogP contribution in [0.5, 0.6) is 0 Å². The first kappa shape index (κ1) is 20.3. The SMILES string of the molecule is FC(F)C(F)(F)F.FC(F)C(F)(F)F.[LiH]. The van der Waals surface area contributed by atoms with Gasteiger partial charge in [0.1, 0.15) is 0 Å². The average Bonchev–Trinajstić information content (AvgIpc) is 1.83. The first-order valence-electron chi connectivity index (χ1n) is 2.58. The second-order valence-corrected chi connectivity index (χ2v) is 1.68. The van der Waals surface area contributed by atoms with Gasteiger partial charge in [-0.05, 0) is 0 Å². The van der Waals surface area contributed by atoms with Gasteiger partial charge in [0.05, 0.1) is 0 Å². The summed E-state index contributed by atoms with van der Waals surface area (Å²) >= 11 is 0. The molecule has 0 aliphatic carbocycles. The van der Waals surface area contributed by atoms with Crippen LogP contribution in [0.25, 0.3) is 0 Å². The van der Waals surface area contributed by atoms with Gasteiger partial charge in [-0.25, -0.2) is 17.6 Å². The van der Waals surface area contributed by atoms with Crippen LogP contribution in [-0.4, -0.2) is 44.1 Å². The first-order chi connectivity index (χ1) is 5.89. The van der Waals surface area contributed by atoms with Crippen LogP contribution in [0.4, 0.5) is 43.9 Å². The Bertz CT molecular complexity index is 126. The van der Waals surface area contributed by atoms with E-state index in [1.807, 2.05) is 0 Å². The van der Waals surface area contributed by atoms with Gasteiger partial charge in [0.15, 0.2) is 0 Å². The molecule has 0 aromatic carbocycles. The molecule has 0 saturated heterocycles. The van der Waals surface area contributed by atoms with Crippen LogP contribution in [0, 0.1) is 0 Å². The van der Waals surface area contributed by atoms with Gasteiger partial charge in [-0.15, -0.1) is 0 Å². The molecule has 0 aromatic heterocycles. The van der Waals surface area contributed by atoms with E-state index >= 15 is 0 Å². The number of hydrogen-bond acceptors (Lipinski definition) is 0. The molecule has 0 fully saturated rings. The fourth-order valence-corrected chi connectivity index (χ4v) is 0. The molecular weight excluding hydrogens is 245 g/mol. The van der Waals surface area contributed by atoms with E-state index in [1.54, 1.807) is 0 Å². The van der Waals surface area contributed by atoms with E-state index in [9.17, 15) is 43.9 Å². The molecule has 0 unspecified atom stereocenters. The molecule has 0 aliphatic rings. The third-order valence-corrected chi connectivity index (χ3v) is 0.495. The predicted molar refractivity (Wildman–Crippen MR) is 31.3 cm³/mol. The van der Waals surface area contributed by atoms with Crippen LogP contribution in [0.2, 0.25) is 0 Å². The van der Waals surface area contributed by atoms with Crippen molar-refractivity contribution in [3.63, 3.8) is 0 Å². The normalized spacial score (nSPS) is 12.0. The standard InChI is InChI=1S/2C2HF5.Li.H/c2*3-1(4)2(5,6)7;;/h2*1H;;. The molecule has 0 radical (unpaired) electrons. The van der Waals surface area contributed by atoms with Gasteiger partial charge in [0, 0.05) is 0 Å². The zero-order valence-electron chi connectivity index (χ0n) is 5.93. The molecule has 90 valence electrons. The number of halogens is 10. The number of alkyl halides is 10. The molecule has 0 amide bonds. The molecule has 0 saturated carbocycles. The maximum absolute atomic E-state index is 10.4. The Kier molecular flexibility index (Phi) is 9.78. The average molecular weight is 248 g/mol. The monoisotopic (exact) mass is 248 g/mol. The molecule has 15 heavy (non-hydrogen) atoms. The van der Waals surface area contributed by atoms with Crippen molar-refractivity contribution in [2.24, 2.45) is 0 Å². The van der Waals surface area contributed by atoms with Crippen molar-refractivity contribution in [1.82, 2.24) is 0 Å². The van der Waals surface area contributed by atoms with Crippen molar-refractivity contribution < 1.29 is 43.9 Å². The van der Waals surface area contributed by atoms with Crippen LogP contribution in [0.15, 0.2) is 0 Å². The summed E-state index contributed by atoms with van der Waals surface area (Å²) in [6.07, 6.45) is -19.1. The van der Waals surface area contributed by atoms with E-state index in [4.69, 9.17) is 0 Å². The topological polar surface area (TPSA) is 0 Å². The summed E-state index contributed by atoms with van der Waals surface area (Å²) in [5.74, 6) is 0. The molecule has 11 heteroatoms. The molecule has 0 rings (SSSR count). The van der Waals surface area contributed by atoms with E-state index in [-0.39, 0.29) is 18.9 Å². The third kappa shape index (κ3) is 13.9. The number of rotatable bonds is 0. The molecule has 0 spiro atoms. The summed E-state index contributed by atoms with van der Waals surface area (Å²) in [6, 6.07) is 0. The van der Waals surface area contributed by atoms with Gasteiger partial charge in [0.25, 0.3) is 0 Å². The van der Waals surface area contributed by atoms with Gasteiger partial charge in [-0.3, -0.25) is 0 Å². The molecule has 0 heterocycles. The van der Waals surface area contributed by atoms with Crippen LogP contribution in [0.1, 0.15) is 0 Å². The maximum atomic E-state index is 10.4. The van der Waals surface area contributed by atoms with Gasteiger partial charge < -0.3 is 0 Å². The van der Waals surface area contributed by atoms with E-state index in [0.717, 1.165) is 0 Å². The van der Waals surface area contributed by atoms with Crippen LogP contribution < -0.4 is 0 Å². The fourth-order valence-electron chi connectivity index (χ4n) is 0. The second kappa shape index (κ2) is 7.22. The summed E-state index contributed by atoms with van der Waals surface area (Å²) in [5, 5.41) is 0. The van der Waals surface area contributed by atoms with Gasteiger partial charge in [-0.1, -0.05) is 0 Å². The van der Waals surface area contributed by atoms with E-state index in [1.165, 1.54) is 0 Å². The Morgan fingerprint density at radius 1 is 0.533 bits per heavy atom. The van der Waals surface area contributed by atoms with Crippen molar-refractivity contribution in [1.29, 1.82) is 0 Å². The van der Waals surface area contributed by atoms with E-state index in [2.05, 4.69) is 0 Å². The van der Waals surface area contributed by atoms with Gasteiger partial charge in [-0.2, -0.15) is 26.3 Å². The van der Waals surface area contributed by atoms with Gasteiger partial charge >= 0.3 is 44.1 Å². The summed E-state index contributed by atoms with van der Waals surface area (Å²) in [7, 11) is 0. The Morgan fingerprint density at radius 2 is 0.600 bits per heavy atom. The minimum absolute atomic E-state index is 0. The summed E-state index contributed by atoms with van der Waals surface area (Å²) < 4.78 is 104. The second-order valence-electron chi connectivity index (χ2n) is 1.68. The summed E-state index contributed by atoms with van der Waals surface area (Å²) in [5.41, 5.74) is 0. The molecule has 0 aromatic rings. The zero-order chi connectivity index (χ0) is 12.2. The zero-order valence-corrected chi connectivity index (χ0v) is 5.93. The Labute approximate surface area is 88.8 Å². The Hall–Kier alpha value is -0.103. The summed E-state index contributed by atoms with van der Waals surface area (Å²) in [4.78, 5) is 0. The van der Waals surface area contributed by atoms with Crippen LogP contribution >= 0.6 is 0 Å².